The maximum atomic E-state index is 4.38. The third-order valence-corrected chi connectivity index (χ3v) is 10.7. The Labute approximate surface area is 188 Å². The van der Waals surface area contributed by atoms with Gasteiger partial charge in [0.1, 0.15) is 0 Å². The number of aromatic nitrogens is 1. The molecule has 0 radical (unpaired) electrons. The molecule has 6 rings (SSSR count). The van der Waals surface area contributed by atoms with Crippen LogP contribution in [0, 0.1) is 35.0 Å². The molecule has 0 bridgehead atoms. The molecule has 4 aliphatic carbocycles. The van der Waals surface area contributed by atoms with Crippen LogP contribution in [0.5, 0.6) is 0 Å². The lowest BCUT2D eigenvalue weighted by atomic mass is 9.49. The van der Waals surface area contributed by atoms with Gasteiger partial charge in [-0.1, -0.05) is 19.1 Å². The molecule has 0 aliphatic heterocycles. The zero-order valence-electron chi connectivity index (χ0n) is 19.8. The minimum absolute atomic E-state index is 0.505. The van der Waals surface area contributed by atoms with Gasteiger partial charge in [-0.05, 0) is 136 Å². The summed E-state index contributed by atoms with van der Waals surface area (Å²) in [4.78, 5) is 6.89. The second-order valence-electron chi connectivity index (χ2n) is 12.0. The van der Waals surface area contributed by atoms with Crippen molar-refractivity contribution < 1.29 is 0 Å². The van der Waals surface area contributed by atoms with Gasteiger partial charge < -0.3 is 4.90 Å². The Morgan fingerprint density at radius 2 is 1.74 bits per heavy atom. The summed E-state index contributed by atoms with van der Waals surface area (Å²) in [7, 11) is 4.59. The molecule has 0 saturated heterocycles. The number of nitrogens with zero attached hydrogens (tertiary/aromatic N) is 2. The highest BCUT2D eigenvalue weighted by Crippen LogP contribution is 2.66. The van der Waals surface area contributed by atoms with Gasteiger partial charge in [-0.3, -0.25) is 4.98 Å². The van der Waals surface area contributed by atoms with E-state index in [1.165, 1.54) is 68.6 Å². The molecule has 2 aromatic rings. The zero-order valence-corrected chi connectivity index (χ0v) is 19.8. The number of fused-ring (bicyclic) bond motifs is 6. The highest BCUT2D eigenvalue weighted by atomic mass is 15.1. The first kappa shape index (κ1) is 20.2. The van der Waals surface area contributed by atoms with E-state index in [1.807, 2.05) is 6.20 Å². The van der Waals surface area contributed by atoms with Crippen molar-refractivity contribution in [2.75, 3.05) is 14.1 Å². The SMILES string of the molecule is CN(C)C1CCC2C(CCC3C2CCC2(C)C(c4ccc5ccncc5c4)CCC32)C1. The van der Waals surface area contributed by atoms with Gasteiger partial charge in [0.05, 0.1) is 0 Å². The average Bonchev–Trinajstić information content (AvgIpc) is 3.15. The minimum atomic E-state index is 0.505. The van der Waals surface area contributed by atoms with Crippen LogP contribution in [0.1, 0.15) is 76.2 Å². The molecule has 8 atom stereocenters. The smallest absolute Gasteiger partial charge is 0.0346 e. The predicted octanol–water partition coefficient (Wildman–Crippen LogP) is 6.90. The van der Waals surface area contributed by atoms with Crippen molar-refractivity contribution >= 4 is 10.8 Å². The van der Waals surface area contributed by atoms with Crippen molar-refractivity contribution in [3.8, 4) is 0 Å². The van der Waals surface area contributed by atoms with Crippen LogP contribution in [0.4, 0.5) is 0 Å². The standard InChI is InChI=1S/C29H40N2/c1-29-14-12-25-24-9-7-23(31(2)3)17-20(24)6-8-26(25)28(29)11-10-27(29)21-5-4-19-13-15-30-18-22(19)16-21/h4-5,13,15-16,18,20,23-28H,6-12,14,17H2,1-3H3. The fourth-order valence-corrected chi connectivity index (χ4v) is 9.17. The van der Waals surface area contributed by atoms with Crippen molar-refractivity contribution in [3.63, 3.8) is 0 Å². The van der Waals surface area contributed by atoms with Gasteiger partial charge in [-0.25, -0.2) is 0 Å². The van der Waals surface area contributed by atoms with Crippen LogP contribution < -0.4 is 0 Å². The van der Waals surface area contributed by atoms with E-state index in [9.17, 15) is 0 Å². The molecule has 1 aromatic carbocycles. The lowest BCUT2D eigenvalue weighted by Gasteiger charge is -2.56. The first-order valence-corrected chi connectivity index (χ1v) is 13.0. The topological polar surface area (TPSA) is 16.1 Å². The molecule has 4 fully saturated rings. The van der Waals surface area contributed by atoms with E-state index in [4.69, 9.17) is 0 Å². The largest absolute Gasteiger partial charge is 0.306 e. The van der Waals surface area contributed by atoms with E-state index >= 15 is 0 Å². The molecule has 2 nitrogen and oxygen atoms in total. The Balaban J connectivity index is 1.24. The highest BCUT2D eigenvalue weighted by Gasteiger charge is 2.57. The van der Waals surface area contributed by atoms with Crippen molar-refractivity contribution in [2.45, 2.75) is 76.7 Å². The van der Waals surface area contributed by atoms with Crippen molar-refractivity contribution in [1.29, 1.82) is 0 Å². The monoisotopic (exact) mass is 416 g/mol. The summed E-state index contributed by atoms with van der Waals surface area (Å²) in [6, 6.07) is 10.2. The van der Waals surface area contributed by atoms with Crippen molar-refractivity contribution in [3.05, 3.63) is 42.2 Å². The highest BCUT2D eigenvalue weighted by molar-refractivity contribution is 5.82. The third kappa shape index (κ3) is 3.19. The molecule has 0 amide bonds. The fourth-order valence-electron chi connectivity index (χ4n) is 9.17. The van der Waals surface area contributed by atoms with Gasteiger partial charge in [0, 0.05) is 23.8 Å². The number of hydrogen-bond acceptors (Lipinski definition) is 2. The van der Waals surface area contributed by atoms with Gasteiger partial charge in [-0.2, -0.15) is 0 Å². The Morgan fingerprint density at radius 3 is 2.61 bits per heavy atom. The van der Waals surface area contributed by atoms with Crippen LogP contribution in [-0.4, -0.2) is 30.0 Å². The normalized spacial score (nSPS) is 42.3. The molecule has 31 heavy (non-hydrogen) atoms. The molecule has 4 aliphatic rings. The molecular weight excluding hydrogens is 376 g/mol. The maximum absolute atomic E-state index is 4.38. The van der Waals surface area contributed by atoms with Crippen LogP contribution in [0.25, 0.3) is 10.8 Å². The maximum Gasteiger partial charge on any atom is 0.0346 e. The van der Waals surface area contributed by atoms with E-state index in [-0.39, 0.29) is 0 Å². The summed E-state index contributed by atoms with van der Waals surface area (Å²) in [5.74, 6) is 5.77. The molecule has 0 spiro atoms. The first-order valence-electron chi connectivity index (χ1n) is 13.0. The van der Waals surface area contributed by atoms with Crippen LogP contribution >= 0.6 is 0 Å². The Kier molecular flexibility index (Phi) is 4.94. The molecule has 1 heterocycles. The van der Waals surface area contributed by atoms with Gasteiger partial charge in [-0.15, -0.1) is 0 Å². The first-order chi connectivity index (χ1) is 15.0. The van der Waals surface area contributed by atoms with Crippen LogP contribution in [0.15, 0.2) is 36.7 Å². The molecular formula is C29H40N2. The fraction of sp³-hybridized carbons (Fsp3) is 0.690. The van der Waals surface area contributed by atoms with Crippen LogP contribution in [0.3, 0.4) is 0 Å². The van der Waals surface area contributed by atoms with E-state index in [1.54, 1.807) is 5.56 Å². The summed E-state index contributed by atoms with van der Waals surface area (Å²) in [6.45, 7) is 2.67. The molecule has 166 valence electrons. The number of hydrogen-bond donors (Lipinski definition) is 0. The molecule has 0 N–H and O–H groups in total. The van der Waals surface area contributed by atoms with Gasteiger partial charge in [0.2, 0.25) is 0 Å². The second kappa shape index (κ2) is 7.58. The molecule has 2 heteroatoms. The quantitative estimate of drug-likeness (QED) is 0.529. The van der Waals surface area contributed by atoms with E-state index in [2.05, 4.69) is 61.4 Å². The molecule has 1 aromatic heterocycles. The second-order valence-corrected chi connectivity index (χ2v) is 12.0. The third-order valence-electron chi connectivity index (χ3n) is 10.7. The summed E-state index contributed by atoms with van der Waals surface area (Å²) in [5, 5.41) is 2.65. The van der Waals surface area contributed by atoms with E-state index < -0.39 is 0 Å². The van der Waals surface area contributed by atoms with E-state index in [0.717, 1.165) is 41.5 Å². The van der Waals surface area contributed by atoms with Gasteiger partial charge in [0.25, 0.3) is 0 Å². The van der Waals surface area contributed by atoms with Gasteiger partial charge in [0.15, 0.2) is 0 Å². The summed E-state index contributed by atoms with van der Waals surface area (Å²) in [6.07, 6.45) is 17.2. The Hall–Kier alpha value is -1.41. The Bertz CT molecular complexity index is 951. The van der Waals surface area contributed by atoms with Crippen LogP contribution in [-0.2, 0) is 0 Å². The number of rotatable bonds is 2. The number of benzene rings is 1. The summed E-state index contributed by atoms with van der Waals surface area (Å²) in [5.41, 5.74) is 2.09. The number of pyridine rings is 1. The Morgan fingerprint density at radius 1 is 0.871 bits per heavy atom. The summed E-state index contributed by atoms with van der Waals surface area (Å²) >= 11 is 0. The van der Waals surface area contributed by atoms with Crippen molar-refractivity contribution in [1.82, 2.24) is 9.88 Å². The van der Waals surface area contributed by atoms with E-state index in [0.29, 0.717) is 5.41 Å². The molecule has 8 unspecified atom stereocenters. The lowest BCUT2D eigenvalue weighted by Crippen LogP contribution is -2.49. The molecule has 4 saturated carbocycles. The van der Waals surface area contributed by atoms with Crippen LogP contribution in [0.2, 0.25) is 0 Å². The predicted molar refractivity (Wildman–Crippen MR) is 129 cm³/mol. The van der Waals surface area contributed by atoms with Gasteiger partial charge >= 0.3 is 0 Å². The minimum Gasteiger partial charge on any atom is -0.306 e. The zero-order chi connectivity index (χ0) is 21.2. The summed E-state index contributed by atoms with van der Waals surface area (Å²) < 4.78 is 0. The van der Waals surface area contributed by atoms with Crippen molar-refractivity contribution in [2.24, 2.45) is 35.0 Å². The lowest BCUT2D eigenvalue weighted by molar-refractivity contribution is -0.0624. The average molecular weight is 417 g/mol.